The van der Waals surface area contributed by atoms with Crippen molar-refractivity contribution in [2.75, 3.05) is 13.6 Å². The van der Waals surface area contributed by atoms with E-state index in [4.69, 9.17) is 0 Å². The largest absolute Gasteiger partial charge is 0.303 e. The van der Waals surface area contributed by atoms with Crippen LogP contribution in [0.1, 0.15) is 52.9 Å². The van der Waals surface area contributed by atoms with Gasteiger partial charge in [0, 0.05) is 18.0 Å². The van der Waals surface area contributed by atoms with Crippen LogP contribution in [-0.4, -0.2) is 30.8 Å². The lowest BCUT2D eigenvalue weighted by Crippen LogP contribution is -2.43. The van der Waals surface area contributed by atoms with Crippen LogP contribution in [0.3, 0.4) is 0 Å². The van der Waals surface area contributed by atoms with Gasteiger partial charge >= 0.3 is 0 Å². The summed E-state index contributed by atoms with van der Waals surface area (Å²) in [7, 11) is 2.16. The van der Waals surface area contributed by atoms with Crippen LogP contribution >= 0.6 is 0 Å². The summed E-state index contributed by atoms with van der Waals surface area (Å²) in [6, 6.07) is 0.554. The lowest BCUT2D eigenvalue weighted by molar-refractivity contribution is -0.119. The Morgan fingerprint density at radius 2 is 1.75 bits per heavy atom. The molecule has 0 heterocycles. The highest BCUT2D eigenvalue weighted by molar-refractivity contribution is 5.60. The van der Waals surface area contributed by atoms with Gasteiger partial charge in [0.1, 0.15) is 6.29 Å². The topological polar surface area (TPSA) is 20.3 Å². The fourth-order valence-corrected chi connectivity index (χ4v) is 2.72. The molecular weight excluding hydrogens is 198 g/mol. The highest BCUT2D eigenvalue weighted by Crippen LogP contribution is 2.35. The summed E-state index contributed by atoms with van der Waals surface area (Å²) in [5.74, 6) is 0.650. The van der Waals surface area contributed by atoms with E-state index >= 15 is 0 Å². The molecule has 2 nitrogen and oxygen atoms in total. The number of hydrogen-bond donors (Lipinski definition) is 0. The summed E-state index contributed by atoms with van der Waals surface area (Å²) in [5.41, 5.74) is -0.0455. The third kappa shape index (κ3) is 3.31. The van der Waals surface area contributed by atoms with Crippen molar-refractivity contribution in [3.63, 3.8) is 0 Å². The number of hydrogen-bond acceptors (Lipinski definition) is 2. The fourth-order valence-electron chi connectivity index (χ4n) is 2.72. The van der Waals surface area contributed by atoms with Crippen molar-refractivity contribution in [3.8, 4) is 0 Å². The molecule has 1 atom stereocenters. The van der Waals surface area contributed by atoms with Gasteiger partial charge < -0.3 is 9.69 Å². The van der Waals surface area contributed by atoms with Crippen LogP contribution in [0.5, 0.6) is 0 Å². The molecule has 1 saturated carbocycles. The van der Waals surface area contributed by atoms with Crippen LogP contribution in [-0.2, 0) is 4.79 Å². The Bertz CT molecular complexity index is 219. The van der Waals surface area contributed by atoms with Crippen LogP contribution < -0.4 is 0 Å². The predicted octanol–water partition coefficient (Wildman–Crippen LogP) is 3.11. The van der Waals surface area contributed by atoms with Crippen molar-refractivity contribution in [2.24, 2.45) is 11.3 Å². The molecule has 0 aromatic heterocycles. The molecule has 0 spiro atoms. The van der Waals surface area contributed by atoms with Crippen molar-refractivity contribution >= 4 is 6.29 Å². The lowest BCUT2D eigenvalue weighted by Gasteiger charge is -2.38. The van der Waals surface area contributed by atoms with Crippen LogP contribution in [0.25, 0.3) is 0 Å². The van der Waals surface area contributed by atoms with Gasteiger partial charge in [-0.1, -0.05) is 33.1 Å². The van der Waals surface area contributed by atoms with E-state index in [1.54, 1.807) is 0 Å². The second kappa shape index (κ2) is 5.81. The van der Waals surface area contributed by atoms with Crippen molar-refractivity contribution in [2.45, 2.75) is 58.9 Å². The fraction of sp³-hybridized carbons (Fsp3) is 0.929. The predicted molar refractivity (Wildman–Crippen MR) is 68.5 cm³/mol. The summed E-state index contributed by atoms with van der Waals surface area (Å²) < 4.78 is 0. The number of carbonyl (C=O) groups excluding carboxylic acids is 1. The molecule has 0 aromatic carbocycles. The standard InChI is InChI=1S/C14H27NO/c1-12(2)13(3)15(4)10-14(11-16)8-6-5-7-9-14/h11-13H,5-10H2,1-4H3. The van der Waals surface area contributed by atoms with Crippen molar-refractivity contribution in [3.05, 3.63) is 0 Å². The maximum atomic E-state index is 11.4. The van der Waals surface area contributed by atoms with Gasteiger partial charge in [-0.05, 0) is 32.7 Å². The van der Waals surface area contributed by atoms with Gasteiger partial charge in [0.2, 0.25) is 0 Å². The second-order valence-electron chi connectivity index (χ2n) is 5.94. The maximum absolute atomic E-state index is 11.4. The van der Waals surface area contributed by atoms with Crippen LogP contribution in [0.15, 0.2) is 0 Å². The lowest BCUT2D eigenvalue weighted by atomic mass is 9.74. The Morgan fingerprint density at radius 1 is 1.19 bits per heavy atom. The van der Waals surface area contributed by atoms with Crippen molar-refractivity contribution < 1.29 is 4.79 Å². The van der Waals surface area contributed by atoms with Gasteiger partial charge in [-0.25, -0.2) is 0 Å². The normalized spacial score (nSPS) is 22.4. The second-order valence-corrected chi connectivity index (χ2v) is 5.94. The van der Waals surface area contributed by atoms with Crippen molar-refractivity contribution in [1.82, 2.24) is 4.90 Å². The van der Waals surface area contributed by atoms with E-state index in [-0.39, 0.29) is 5.41 Å². The number of nitrogens with zero attached hydrogens (tertiary/aromatic N) is 1. The minimum Gasteiger partial charge on any atom is -0.303 e. The maximum Gasteiger partial charge on any atom is 0.127 e. The molecule has 0 saturated heterocycles. The Morgan fingerprint density at radius 3 is 2.19 bits per heavy atom. The summed E-state index contributed by atoms with van der Waals surface area (Å²) in [6.45, 7) is 7.69. The average Bonchev–Trinajstić information content (AvgIpc) is 2.29. The molecule has 0 bridgehead atoms. The SMILES string of the molecule is CC(C)C(C)N(C)CC1(C=O)CCCCC1. The highest BCUT2D eigenvalue weighted by atomic mass is 16.1. The first kappa shape index (κ1) is 13.7. The minimum atomic E-state index is -0.0455. The average molecular weight is 225 g/mol. The third-order valence-electron chi connectivity index (χ3n) is 4.32. The van der Waals surface area contributed by atoms with E-state index in [1.165, 1.54) is 25.5 Å². The summed E-state index contributed by atoms with van der Waals surface area (Å²) in [4.78, 5) is 13.7. The van der Waals surface area contributed by atoms with Crippen LogP contribution in [0, 0.1) is 11.3 Å². The van der Waals surface area contributed by atoms with Crippen LogP contribution in [0.4, 0.5) is 0 Å². The van der Waals surface area contributed by atoms with E-state index in [2.05, 4.69) is 32.7 Å². The molecule has 2 heteroatoms. The van der Waals surface area contributed by atoms with Gasteiger partial charge in [0.05, 0.1) is 0 Å². The first-order valence-electron chi connectivity index (χ1n) is 6.67. The summed E-state index contributed by atoms with van der Waals surface area (Å²) >= 11 is 0. The summed E-state index contributed by atoms with van der Waals surface area (Å²) in [6.07, 6.45) is 7.16. The van der Waals surface area contributed by atoms with Gasteiger partial charge in [-0.15, -0.1) is 0 Å². The van der Waals surface area contributed by atoms with E-state index in [1.807, 2.05) is 0 Å². The zero-order valence-electron chi connectivity index (χ0n) is 11.3. The number of aldehydes is 1. The zero-order valence-corrected chi connectivity index (χ0v) is 11.3. The van der Waals surface area contributed by atoms with E-state index in [0.717, 1.165) is 19.4 Å². The molecule has 0 amide bonds. The molecule has 94 valence electrons. The van der Waals surface area contributed by atoms with Gasteiger partial charge in [0.25, 0.3) is 0 Å². The number of carbonyl (C=O) groups is 1. The number of rotatable bonds is 5. The van der Waals surface area contributed by atoms with Gasteiger partial charge in [-0.3, -0.25) is 0 Å². The molecule has 0 N–H and O–H groups in total. The first-order chi connectivity index (χ1) is 7.51. The minimum absolute atomic E-state index is 0.0455. The molecule has 1 fully saturated rings. The highest BCUT2D eigenvalue weighted by Gasteiger charge is 2.34. The Hall–Kier alpha value is -0.370. The molecule has 1 aliphatic rings. The molecule has 0 aliphatic heterocycles. The van der Waals surface area contributed by atoms with E-state index in [0.29, 0.717) is 12.0 Å². The zero-order chi connectivity index (χ0) is 12.2. The third-order valence-corrected chi connectivity index (χ3v) is 4.32. The van der Waals surface area contributed by atoms with Gasteiger partial charge in [-0.2, -0.15) is 0 Å². The molecule has 1 unspecified atom stereocenters. The summed E-state index contributed by atoms with van der Waals surface area (Å²) in [5, 5.41) is 0. The Balaban J connectivity index is 2.58. The molecule has 16 heavy (non-hydrogen) atoms. The molecule has 1 rings (SSSR count). The van der Waals surface area contributed by atoms with Gasteiger partial charge in [0.15, 0.2) is 0 Å². The van der Waals surface area contributed by atoms with Crippen molar-refractivity contribution in [1.29, 1.82) is 0 Å². The monoisotopic (exact) mass is 225 g/mol. The van der Waals surface area contributed by atoms with Crippen LogP contribution in [0.2, 0.25) is 0 Å². The Kier molecular flexibility index (Phi) is 4.97. The molecule has 0 radical (unpaired) electrons. The first-order valence-corrected chi connectivity index (χ1v) is 6.67. The Labute approximate surface area is 100 Å². The van der Waals surface area contributed by atoms with E-state index in [9.17, 15) is 4.79 Å². The smallest absolute Gasteiger partial charge is 0.127 e. The van der Waals surface area contributed by atoms with E-state index < -0.39 is 0 Å². The molecule has 1 aliphatic carbocycles. The molecular formula is C14H27NO. The quantitative estimate of drug-likeness (QED) is 0.670. The molecule has 0 aromatic rings.